The topological polar surface area (TPSA) is 89.3 Å². The van der Waals surface area contributed by atoms with Gasteiger partial charge >= 0.3 is 0 Å². The average molecular weight is 494 g/mol. The Hall–Kier alpha value is -3.30. The maximum atomic E-state index is 13.3. The molecular formula is C25H23N3O4S2. The zero-order valence-corrected chi connectivity index (χ0v) is 20.4. The Morgan fingerprint density at radius 3 is 2.65 bits per heavy atom. The van der Waals surface area contributed by atoms with E-state index in [1.165, 1.54) is 32.8 Å². The van der Waals surface area contributed by atoms with Crippen LogP contribution in [-0.2, 0) is 23.0 Å². The lowest BCUT2D eigenvalue weighted by Crippen LogP contribution is -2.34. The van der Waals surface area contributed by atoms with E-state index >= 15 is 0 Å². The first-order valence-corrected chi connectivity index (χ1v) is 13.6. The lowest BCUT2D eigenvalue weighted by atomic mass is 9.99. The Bertz CT molecular complexity index is 1580. The molecule has 0 radical (unpaired) electrons. The molecule has 2 aromatic heterocycles. The summed E-state index contributed by atoms with van der Waals surface area (Å²) in [5.41, 5.74) is 4.52. The first-order chi connectivity index (χ1) is 16.2. The van der Waals surface area contributed by atoms with Gasteiger partial charge in [-0.2, -0.15) is 0 Å². The van der Waals surface area contributed by atoms with Crippen LogP contribution in [0.1, 0.15) is 27.9 Å². The third-order valence-corrected chi connectivity index (χ3v) is 8.18. The SMILES string of the molecule is Cc1ccc(-c2csc3ncn(CC(=O)c4ccc5c(c4)CCCN5S(C)(=O)=O)c(=O)c23)cc1. The Balaban J connectivity index is 1.47. The molecule has 0 saturated carbocycles. The lowest BCUT2D eigenvalue weighted by Gasteiger charge is -2.29. The minimum atomic E-state index is -3.38. The number of benzene rings is 2. The highest BCUT2D eigenvalue weighted by Gasteiger charge is 2.25. The smallest absolute Gasteiger partial charge is 0.263 e. The van der Waals surface area contributed by atoms with Gasteiger partial charge in [0.05, 0.1) is 30.2 Å². The second-order valence-corrected chi connectivity index (χ2v) is 11.3. The van der Waals surface area contributed by atoms with Crippen LogP contribution in [0.4, 0.5) is 5.69 Å². The standard InChI is InChI=1S/C25H23N3O4S2/c1-16-5-7-17(8-6-16)20-14-33-24-23(20)25(30)27(15-26-24)13-22(29)19-9-10-21-18(12-19)4-3-11-28(21)34(2,31)32/h5-10,12,14-15H,3-4,11,13H2,1-2H3. The van der Waals surface area contributed by atoms with Crippen molar-refractivity contribution in [2.45, 2.75) is 26.3 Å². The average Bonchev–Trinajstić information content (AvgIpc) is 3.25. The van der Waals surface area contributed by atoms with E-state index in [1.54, 1.807) is 18.2 Å². The molecule has 4 aromatic rings. The largest absolute Gasteiger partial charge is 0.292 e. The Kier molecular flexibility index (Phi) is 5.61. The molecule has 2 aromatic carbocycles. The van der Waals surface area contributed by atoms with Crippen LogP contribution in [0.25, 0.3) is 21.3 Å². The van der Waals surface area contributed by atoms with Gasteiger partial charge in [-0.15, -0.1) is 11.3 Å². The molecule has 1 aliphatic rings. The number of sulfonamides is 1. The molecule has 0 bridgehead atoms. The van der Waals surface area contributed by atoms with Gasteiger partial charge in [0.15, 0.2) is 5.78 Å². The molecule has 0 atom stereocenters. The summed E-state index contributed by atoms with van der Waals surface area (Å²) in [6, 6.07) is 13.0. The molecule has 174 valence electrons. The summed E-state index contributed by atoms with van der Waals surface area (Å²) in [5, 5.41) is 2.44. The fourth-order valence-corrected chi connectivity index (χ4v) is 6.25. The van der Waals surface area contributed by atoms with Gasteiger partial charge in [0.2, 0.25) is 10.0 Å². The zero-order valence-electron chi connectivity index (χ0n) is 18.8. The fraction of sp³-hybridized carbons (Fsp3) is 0.240. The first-order valence-electron chi connectivity index (χ1n) is 10.9. The molecule has 0 spiro atoms. The highest BCUT2D eigenvalue weighted by Crippen LogP contribution is 2.32. The maximum absolute atomic E-state index is 13.3. The normalized spacial score (nSPS) is 13.8. The number of hydrogen-bond acceptors (Lipinski definition) is 6. The van der Waals surface area contributed by atoms with E-state index in [0.717, 1.165) is 22.3 Å². The summed E-state index contributed by atoms with van der Waals surface area (Å²) in [4.78, 5) is 31.4. The van der Waals surface area contributed by atoms with Gasteiger partial charge in [-0.1, -0.05) is 29.8 Å². The number of anilines is 1. The quantitative estimate of drug-likeness (QED) is 0.392. The van der Waals surface area contributed by atoms with Gasteiger partial charge in [-0.25, -0.2) is 13.4 Å². The van der Waals surface area contributed by atoms with E-state index in [-0.39, 0.29) is 17.9 Å². The first kappa shape index (κ1) is 22.5. The summed E-state index contributed by atoms with van der Waals surface area (Å²) in [5.74, 6) is -0.227. The maximum Gasteiger partial charge on any atom is 0.263 e. The second-order valence-electron chi connectivity index (χ2n) is 8.58. The summed E-state index contributed by atoms with van der Waals surface area (Å²) in [7, 11) is -3.38. The van der Waals surface area contributed by atoms with Crippen LogP contribution < -0.4 is 9.86 Å². The number of carbonyl (C=O) groups is 1. The summed E-state index contributed by atoms with van der Waals surface area (Å²) in [6.45, 7) is 2.30. The minimum absolute atomic E-state index is 0.139. The number of aryl methyl sites for hydroxylation is 2. The molecule has 1 aliphatic heterocycles. The highest BCUT2D eigenvalue weighted by atomic mass is 32.2. The fourth-order valence-electron chi connectivity index (χ4n) is 4.35. The van der Waals surface area contributed by atoms with Crippen molar-refractivity contribution in [3.63, 3.8) is 0 Å². The molecule has 0 N–H and O–H groups in total. The van der Waals surface area contributed by atoms with Crippen LogP contribution in [0, 0.1) is 6.92 Å². The van der Waals surface area contributed by atoms with Gasteiger partial charge in [-0.05, 0) is 49.1 Å². The zero-order chi connectivity index (χ0) is 24.0. The van der Waals surface area contributed by atoms with Crippen molar-refractivity contribution in [2.24, 2.45) is 0 Å². The van der Waals surface area contributed by atoms with Gasteiger partial charge in [-0.3, -0.25) is 18.5 Å². The third kappa shape index (κ3) is 4.05. The predicted octanol–water partition coefficient (Wildman–Crippen LogP) is 4.03. The van der Waals surface area contributed by atoms with Crippen molar-refractivity contribution >= 4 is 43.0 Å². The van der Waals surface area contributed by atoms with E-state index in [1.807, 2.05) is 36.6 Å². The van der Waals surface area contributed by atoms with Gasteiger partial charge in [0.25, 0.3) is 5.56 Å². The Morgan fingerprint density at radius 1 is 1.15 bits per heavy atom. The molecule has 0 fully saturated rings. The molecular weight excluding hydrogens is 470 g/mol. The number of carbonyl (C=O) groups excluding carboxylic acids is 1. The molecule has 0 aliphatic carbocycles. The molecule has 9 heteroatoms. The minimum Gasteiger partial charge on any atom is -0.292 e. The highest BCUT2D eigenvalue weighted by molar-refractivity contribution is 7.92. The molecule has 5 rings (SSSR count). The molecule has 3 heterocycles. The number of Topliss-reactive ketones (excluding diaryl/α,β-unsaturated/α-hetero) is 1. The van der Waals surface area contributed by atoms with Gasteiger partial charge < -0.3 is 0 Å². The lowest BCUT2D eigenvalue weighted by molar-refractivity contribution is 0.0970. The summed E-state index contributed by atoms with van der Waals surface area (Å²) >= 11 is 1.41. The van der Waals surface area contributed by atoms with Crippen LogP contribution in [-0.4, -0.2) is 36.6 Å². The summed E-state index contributed by atoms with van der Waals surface area (Å²) in [6.07, 6.45) is 4.00. The van der Waals surface area contributed by atoms with E-state index < -0.39 is 10.0 Å². The predicted molar refractivity (Wildman–Crippen MR) is 135 cm³/mol. The monoisotopic (exact) mass is 493 g/mol. The molecule has 7 nitrogen and oxygen atoms in total. The van der Waals surface area contributed by atoms with E-state index in [0.29, 0.717) is 40.9 Å². The van der Waals surface area contributed by atoms with Crippen molar-refractivity contribution in [1.82, 2.24) is 9.55 Å². The third-order valence-electron chi connectivity index (χ3n) is 6.12. The van der Waals surface area contributed by atoms with Crippen molar-refractivity contribution in [3.05, 3.63) is 81.2 Å². The van der Waals surface area contributed by atoms with Crippen molar-refractivity contribution in [2.75, 3.05) is 17.1 Å². The van der Waals surface area contributed by atoms with Crippen molar-refractivity contribution in [3.8, 4) is 11.1 Å². The number of nitrogens with zero attached hydrogens (tertiary/aromatic N) is 3. The molecule has 0 unspecified atom stereocenters. The van der Waals surface area contributed by atoms with Crippen molar-refractivity contribution < 1.29 is 13.2 Å². The van der Waals surface area contributed by atoms with Gasteiger partial charge in [0.1, 0.15) is 4.83 Å². The van der Waals surface area contributed by atoms with Crippen LogP contribution in [0.2, 0.25) is 0 Å². The number of fused-ring (bicyclic) bond motifs is 2. The van der Waals surface area contributed by atoms with E-state index in [2.05, 4.69) is 4.98 Å². The number of aromatic nitrogens is 2. The number of hydrogen-bond donors (Lipinski definition) is 0. The van der Waals surface area contributed by atoms with E-state index in [9.17, 15) is 18.0 Å². The molecule has 0 amide bonds. The van der Waals surface area contributed by atoms with E-state index in [4.69, 9.17) is 0 Å². The van der Waals surface area contributed by atoms with Crippen LogP contribution in [0.5, 0.6) is 0 Å². The van der Waals surface area contributed by atoms with Crippen LogP contribution >= 0.6 is 11.3 Å². The molecule has 34 heavy (non-hydrogen) atoms. The number of ketones is 1. The Morgan fingerprint density at radius 2 is 1.91 bits per heavy atom. The van der Waals surface area contributed by atoms with Crippen LogP contribution in [0.15, 0.2) is 59.0 Å². The second kappa shape index (κ2) is 8.48. The van der Waals surface area contributed by atoms with Gasteiger partial charge in [0, 0.05) is 23.1 Å². The summed E-state index contributed by atoms with van der Waals surface area (Å²) < 4.78 is 26.9. The van der Waals surface area contributed by atoms with Crippen LogP contribution in [0.3, 0.4) is 0 Å². The Labute approximate surface area is 201 Å². The molecule has 0 saturated heterocycles. The number of rotatable bonds is 5. The van der Waals surface area contributed by atoms with Crippen molar-refractivity contribution in [1.29, 1.82) is 0 Å². The number of thiophene rings is 1.